The van der Waals surface area contributed by atoms with Crippen molar-refractivity contribution in [1.82, 2.24) is 14.1 Å². The highest BCUT2D eigenvalue weighted by Crippen LogP contribution is 2.33. The third kappa shape index (κ3) is 2.40. The molecule has 24 heavy (non-hydrogen) atoms. The van der Waals surface area contributed by atoms with Crippen molar-refractivity contribution in [3.63, 3.8) is 0 Å². The first kappa shape index (κ1) is 16.3. The third-order valence-electron chi connectivity index (χ3n) is 4.48. The molecule has 0 amide bonds. The van der Waals surface area contributed by atoms with Gasteiger partial charge in [0.2, 0.25) is 5.95 Å². The maximum atomic E-state index is 13.0. The van der Waals surface area contributed by atoms with E-state index in [1.165, 1.54) is 16.7 Å². The predicted octanol–water partition coefficient (Wildman–Crippen LogP) is 3.30. The molecule has 1 aromatic carbocycles. The SMILES string of the molecule is CCNc1nc2c(c(-c3c(C)cc(C)cc3C)cn2C)c(=O)n1C. The van der Waals surface area contributed by atoms with Gasteiger partial charge in [0.25, 0.3) is 5.56 Å². The Morgan fingerprint density at radius 3 is 2.33 bits per heavy atom. The van der Waals surface area contributed by atoms with Gasteiger partial charge < -0.3 is 9.88 Å². The van der Waals surface area contributed by atoms with Crippen molar-refractivity contribution in [3.05, 3.63) is 45.4 Å². The molecule has 0 atom stereocenters. The van der Waals surface area contributed by atoms with E-state index in [4.69, 9.17) is 0 Å². The van der Waals surface area contributed by atoms with Gasteiger partial charge in [-0.15, -0.1) is 0 Å². The summed E-state index contributed by atoms with van der Waals surface area (Å²) in [6, 6.07) is 4.32. The molecule has 126 valence electrons. The van der Waals surface area contributed by atoms with Gasteiger partial charge in [-0.1, -0.05) is 17.7 Å². The lowest BCUT2D eigenvalue weighted by molar-refractivity contribution is 0.833. The number of aryl methyl sites for hydroxylation is 4. The number of nitrogens with one attached hydrogen (secondary N) is 1. The van der Waals surface area contributed by atoms with E-state index < -0.39 is 0 Å². The molecule has 0 saturated carbocycles. The molecule has 5 nitrogen and oxygen atoms in total. The summed E-state index contributed by atoms with van der Waals surface area (Å²) in [6.45, 7) is 9.00. The van der Waals surface area contributed by atoms with Gasteiger partial charge in [0, 0.05) is 32.4 Å². The molecule has 0 aliphatic rings. The molecular formula is C19H24N4O. The van der Waals surface area contributed by atoms with Gasteiger partial charge in [0.15, 0.2) is 0 Å². The molecule has 2 heterocycles. The second kappa shape index (κ2) is 5.82. The molecule has 1 N–H and O–H groups in total. The van der Waals surface area contributed by atoms with Gasteiger partial charge in [-0.3, -0.25) is 9.36 Å². The predicted molar refractivity (Wildman–Crippen MR) is 99.8 cm³/mol. The zero-order valence-corrected chi connectivity index (χ0v) is 15.2. The maximum absolute atomic E-state index is 13.0. The fraction of sp³-hybridized carbons (Fsp3) is 0.368. The van der Waals surface area contributed by atoms with Crippen LogP contribution in [0, 0.1) is 20.8 Å². The van der Waals surface area contributed by atoms with Gasteiger partial charge in [0.05, 0.1) is 5.39 Å². The van der Waals surface area contributed by atoms with Gasteiger partial charge in [-0.2, -0.15) is 4.98 Å². The molecule has 0 radical (unpaired) electrons. The third-order valence-corrected chi connectivity index (χ3v) is 4.48. The molecule has 0 spiro atoms. The average Bonchev–Trinajstić information content (AvgIpc) is 2.80. The molecule has 5 heteroatoms. The Kier molecular flexibility index (Phi) is 3.95. The average molecular weight is 324 g/mol. The zero-order valence-electron chi connectivity index (χ0n) is 15.2. The minimum atomic E-state index is -0.0223. The Morgan fingerprint density at radius 1 is 1.12 bits per heavy atom. The zero-order chi connectivity index (χ0) is 17.6. The molecule has 0 unspecified atom stereocenters. The molecule has 0 fully saturated rings. The van der Waals surface area contributed by atoms with Crippen molar-refractivity contribution in [2.45, 2.75) is 27.7 Å². The van der Waals surface area contributed by atoms with Crippen molar-refractivity contribution in [3.8, 4) is 11.1 Å². The van der Waals surface area contributed by atoms with Crippen LogP contribution in [0.4, 0.5) is 5.95 Å². The highest BCUT2D eigenvalue weighted by molar-refractivity contribution is 5.95. The smallest absolute Gasteiger partial charge is 0.264 e. The Bertz CT molecular complexity index is 972. The van der Waals surface area contributed by atoms with Crippen LogP contribution >= 0.6 is 0 Å². The summed E-state index contributed by atoms with van der Waals surface area (Å²) in [6.07, 6.45) is 2.01. The van der Waals surface area contributed by atoms with Crippen molar-refractivity contribution >= 4 is 17.0 Å². The van der Waals surface area contributed by atoms with Gasteiger partial charge in [0.1, 0.15) is 5.65 Å². The fourth-order valence-electron chi connectivity index (χ4n) is 3.51. The molecule has 2 aromatic heterocycles. The van der Waals surface area contributed by atoms with E-state index in [0.29, 0.717) is 17.0 Å². The van der Waals surface area contributed by atoms with Crippen molar-refractivity contribution in [2.24, 2.45) is 14.1 Å². The van der Waals surface area contributed by atoms with Crippen LogP contribution in [0.2, 0.25) is 0 Å². The number of hydrogen-bond acceptors (Lipinski definition) is 3. The van der Waals surface area contributed by atoms with Crippen molar-refractivity contribution in [2.75, 3.05) is 11.9 Å². The molecule has 0 bridgehead atoms. The lowest BCUT2D eigenvalue weighted by Crippen LogP contribution is -2.22. The van der Waals surface area contributed by atoms with E-state index in [2.05, 4.69) is 43.2 Å². The number of hydrogen-bond donors (Lipinski definition) is 1. The minimum Gasteiger partial charge on any atom is -0.356 e. The Balaban J connectivity index is 2.40. The summed E-state index contributed by atoms with van der Waals surface area (Å²) in [5.74, 6) is 0.597. The second-order valence-electron chi connectivity index (χ2n) is 6.46. The summed E-state index contributed by atoms with van der Waals surface area (Å²) in [7, 11) is 3.70. The number of aromatic nitrogens is 3. The fourth-order valence-corrected chi connectivity index (χ4v) is 3.51. The molecule has 3 aromatic rings. The first-order chi connectivity index (χ1) is 11.3. The van der Waals surface area contributed by atoms with Crippen LogP contribution in [0.15, 0.2) is 23.1 Å². The van der Waals surface area contributed by atoms with Crippen LogP contribution in [-0.4, -0.2) is 20.7 Å². The summed E-state index contributed by atoms with van der Waals surface area (Å²) >= 11 is 0. The molecule has 0 saturated heterocycles. The van der Waals surface area contributed by atoms with Crippen molar-refractivity contribution < 1.29 is 0 Å². The maximum Gasteiger partial charge on any atom is 0.264 e. The van der Waals surface area contributed by atoms with Crippen molar-refractivity contribution in [1.29, 1.82) is 0 Å². The number of rotatable bonds is 3. The standard InChI is InChI=1S/C19H24N4O/c1-7-20-19-21-17-16(18(24)23(19)6)14(10-22(17)5)15-12(3)8-11(2)9-13(15)4/h8-10H,7H2,1-6H3,(H,20,21). The van der Waals surface area contributed by atoms with Crippen LogP contribution in [-0.2, 0) is 14.1 Å². The molecule has 0 aliphatic heterocycles. The first-order valence-corrected chi connectivity index (χ1v) is 8.23. The Labute approximate surface area is 142 Å². The summed E-state index contributed by atoms with van der Waals surface area (Å²) in [5.41, 5.74) is 6.36. The van der Waals surface area contributed by atoms with Gasteiger partial charge in [-0.05, 0) is 44.4 Å². The summed E-state index contributed by atoms with van der Waals surface area (Å²) in [5, 5.41) is 3.83. The minimum absolute atomic E-state index is 0.0223. The van der Waals surface area contributed by atoms with E-state index >= 15 is 0 Å². The summed E-state index contributed by atoms with van der Waals surface area (Å²) < 4.78 is 3.53. The highest BCUT2D eigenvalue weighted by Gasteiger charge is 2.19. The molecule has 3 rings (SSSR count). The van der Waals surface area contributed by atoms with E-state index in [-0.39, 0.29) is 5.56 Å². The topological polar surface area (TPSA) is 51.9 Å². The normalized spacial score (nSPS) is 11.2. The van der Waals surface area contributed by atoms with Crippen LogP contribution in [0.5, 0.6) is 0 Å². The number of anilines is 1. The summed E-state index contributed by atoms with van der Waals surface area (Å²) in [4.78, 5) is 17.7. The lowest BCUT2D eigenvalue weighted by Gasteiger charge is -2.12. The largest absolute Gasteiger partial charge is 0.356 e. The number of nitrogens with zero attached hydrogens (tertiary/aromatic N) is 3. The monoisotopic (exact) mass is 324 g/mol. The van der Waals surface area contributed by atoms with Crippen LogP contribution in [0.25, 0.3) is 22.2 Å². The highest BCUT2D eigenvalue weighted by atomic mass is 16.1. The van der Waals surface area contributed by atoms with E-state index in [1.807, 2.05) is 24.7 Å². The first-order valence-electron chi connectivity index (χ1n) is 8.23. The Morgan fingerprint density at radius 2 is 1.75 bits per heavy atom. The van der Waals surface area contributed by atoms with E-state index in [1.54, 1.807) is 11.6 Å². The van der Waals surface area contributed by atoms with Gasteiger partial charge in [-0.25, -0.2) is 0 Å². The second-order valence-corrected chi connectivity index (χ2v) is 6.46. The van der Waals surface area contributed by atoms with Crippen LogP contribution < -0.4 is 10.9 Å². The number of benzene rings is 1. The molecular weight excluding hydrogens is 300 g/mol. The van der Waals surface area contributed by atoms with E-state index in [0.717, 1.165) is 17.7 Å². The number of fused-ring (bicyclic) bond motifs is 1. The Hall–Kier alpha value is -2.56. The van der Waals surface area contributed by atoms with E-state index in [9.17, 15) is 4.79 Å². The van der Waals surface area contributed by atoms with Crippen LogP contribution in [0.1, 0.15) is 23.6 Å². The quantitative estimate of drug-likeness (QED) is 0.804. The lowest BCUT2D eigenvalue weighted by atomic mass is 9.94. The van der Waals surface area contributed by atoms with Gasteiger partial charge >= 0.3 is 0 Å². The molecule has 0 aliphatic carbocycles. The van der Waals surface area contributed by atoms with Crippen LogP contribution in [0.3, 0.4) is 0 Å².